The molecule has 1 aromatic carbocycles. The van der Waals surface area contributed by atoms with Crippen molar-refractivity contribution >= 4 is 23.4 Å². The average molecular weight is 198 g/mol. The van der Waals surface area contributed by atoms with Gasteiger partial charge in [-0.05, 0) is 17.7 Å². The maximum Gasteiger partial charge on any atom is 0.0604 e. The third-order valence-electron chi connectivity index (χ3n) is 1.66. The standard InChI is InChI=1S/C10H12ClNO/c1-2-8-3-4-9(11)7-10(8)12-5-6-13/h2-4,7,12-13H,1,5-6H2. The molecule has 3 heteroatoms. The van der Waals surface area contributed by atoms with E-state index >= 15 is 0 Å². The van der Waals surface area contributed by atoms with Gasteiger partial charge in [0.1, 0.15) is 0 Å². The lowest BCUT2D eigenvalue weighted by Gasteiger charge is -2.08. The van der Waals surface area contributed by atoms with Crippen molar-refractivity contribution in [3.8, 4) is 0 Å². The molecule has 0 amide bonds. The second-order valence-corrected chi connectivity index (χ2v) is 3.02. The van der Waals surface area contributed by atoms with Gasteiger partial charge in [0.15, 0.2) is 0 Å². The van der Waals surface area contributed by atoms with Crippen LogP contribution in [0.2, 0.25) is 5.02 Å². The molecule has 0 aliphatic rings. The molecule has 1 rings (SSSR count). The molecular weight excluding hydrogens is 186 g/mol. The van der Waals surface area contributed by atoms with E-state index in [-0.39, 0.29) is 6.61 Å². The van der Waals surface area contributed by atoms with E-state index in [2.05, 4.69) is 11.9 Å². The first-order chi connectivity index (χ1) is 6.27. The van der Waals surface area contributed by atoms with Crippen LogP contribution in [-0.4, -0.2) is 18.3 Å². The van der Waals surface area contributed by atoms with E-state index in [1.54, 1.807) is 6.08 Å². The minimum atomic E-state index is 0.100. The molecule has 13 heavy (non-hydrogen) atoms. The highest BCUT2D eigenvalue weighted by Gasteiger charge is 1.98. The minimum absolute atomic E-state index is 0.100. The summed E-state index contributed by atoms with van der Waals surface area (Å²) in [6.45, 7) is 4.30. The van der Waals surface area contributed by atoms with Crippen LogP contribution in [0.25, 0.3) is 6.08 Å². The molecule has 0 aliphatic carbocycles. The lowest BCUT2D eigenvalue weighted by molar-refractivity contribution is 0.311. The largest absolute Gasteiger partial charge is 0.395 e. The van der Waals surface area contributed by atoms with Crippen LogP contribution in [0.4, 0.5) is 5.69 Å². The van der Waals surface area contributed by atoms with Gasteiger partial charge in [0, 0.05) is 17.3 Å². The van der Waals surface area contributed by atoms with Gasteiger partial charge in [0.2, 0.25) is 0 Å². The number of hydrogen-bond donors (Lipinski definition) is 2. The number of rotatable bonds is 4. The molecular formula is C10H12ClNO. The van der Waals surface area contributed by atoms with Crippen molar-refractivity contribution in [3.63, 3.8) is 0 Å². The molecule has 0 radical (unpaired) electrons. The first kappa shape index (κ1) is 10.1. The summed E-state index contributed by atoms with van der Waals surface area (Å²) in [6.07, 6.45) is 1.75. The number of nitrogens with one attached hydrogen (secondary N) is 1. The number of halogens is 1. The predicted octanol–water partition coefficient (Wildman–Crippen LogP) is 2.39. The molecule has 1 aromatic rings. The van der Waals surface area contributed by atoms with Gasteiger partial charge in [-0.15, -0.1) is 0 Å². The third-order valence-corrected chi connectivity index (χ3v) is 1.90. The van der Waals surface area contributed by atoms with E-state index in [0.717, 1.165) is 11.3 Å². The average Bonchev–Trinajstić information content (AvgIpc) is 2.15. The summed E-state index contributed by atoms with van der Waals surface area (Å²) in [4.78, 5) is 0. The number of aliphatic hydroxyl groups excluding tert-OH is 1. The second kappa shape index (κ2) is 4.90. The summed E-state index contributed by atoms with van der Waals surface area (Å²) in [5, 5.41) is 12.4. The zero-order valence-corrected chi connectivity index (χ0v) is 8.01. The van der Waals surface area contributed by atoms with Gasteiger partial charge in [0.05, 0.1) is 6.61 Å². The monoisotopic (exact) mass is 197 g/mol. The van der Waals surface area contributed by atoms with Crippen LogP contribution in [0.15, 0.2) is 24.8 Å². The third kappa shape index (κ3) is 2.76. The number of benzene rings is 1. The predicted molar refractivity (Wildman–Crippen MR) is 57.1 cm³/mol. The summed E-state index contributed by atoms with van der Waals surface area (Å²) in [6, 6.07) is 5.51. The van der Waals surface area contributed by atoms with E-state index in [0.29, 0.717) is 11.6 Å². The molecule has 2 nitrogen and oxygen atoms in total. The van der Waals surface area contributed by atoms with Crippen LogP contribution >= 0.6 is 11.6 Å². The number of hydrogen-bond acceptors (Lipinski definition) is 2. The Kier molecular flexibility index (Phi) is 3.80. The van der Waals surface area contributed by atoms with E-state index in [9.17, 15) is 0 Å². The van der Waals surface area contributed by atoms with Crippen molar-refractivity contribution in [2.75, 3.05) is 18.5 Å². The van der Waals surface area contributed by atoms with Gasteiger partial charge < -0.3 is 10.4 Å². The fraction of sp³-hybridized carbons (Fsp3) is 0.200. The quantitative estimate of drug-likeness (QED) is 0.777. The summed E-state index contributed by atoms with van der Waals surface area (Å²) < 4.78 is 0. The van der Waals surface area contributed by atoms with Crippen molar-refractivity contribution in [2.24, 2.45) is 0 Å². The second-order valence-electron chi connectivity index (χ2n) is 2.59. The van der Waals surface area contributed by atoms with Gasteiger partial charge in [-0.2, -0.15) is 0 Å². The van der Waals surface area contributed by atoms with Crippen molar-refractivity contribution in [3.05, 3.63) is 35.4 Å². The Labute approximate surface area is 82.8 Å². The Bertz CT molecular complexity index is 299. The lowest BCUT2D eigenvalue weighted by Crippen LogP contribution is -2.06. The first-order valence-corrected chi connectivity index (χ1v) is 4.42. The van der Waals surface area contributed by atoms with E-state index in [4.69, 9.17) is 16.7 Å². The zero-order chi connectivity index (χ0) is 9.68. The Morgan fingerprint density at radius 2 is 2.31 bits per heavy atom. The van der Waals surface area contributed by atoms with Crippen molar-refractivity contribution in [1.29, 1.82) is 0 Å². The normalized spacial score (nSPS) is 9.69. The summed E-state index contributed by atoms with van der Waals surface area (Å²) in [7, 11) is 0. The summed E-state index contributed by atoms with van der Waals surface area (Å²) >= 11 is 5.82. The molecule has 0 unspecified atom stereocenters. The Balaban J connectivity index is 2.87. The highest BCUT2D eigenvalue weighted by molar-refractivity contribution is 6.30. The van der Waals surface area contributed by atoms with Gasteiger partial charge in [0.25, 0.3) is 0 Å². The van der Waals surface area contributed by atoms with Crippen LogP contribution in [0.3, 0.4) is 0 Å². The smallest absolute Gasteiger partial charge is 0.0604 e. The molecule has 0 atom stereocenters. The molecule has 0 saturated carbocycles. The molecule has 70 valence electrons. The van der Waals surface area contributed by atoms with Crippen molar-refractivity contribution in [1.82, 2.24) is 0 Å². The van der Waals surface area contributed by atoms with E-state index in [1.165, 1.54) is 0 Å². The minimum Gasteiger partial charge on any atom is -0.395 e. The first-order valence-electron chi connectivity index (χ1n) is 4.04. The maximum atomic E-state index is 8.64. The van der Waals surface area contributed by atoms with Gasteiger partial charge in [-0.1, -0.05) is 30.3 Å². The molecule has 0 heterocycles. The van der Waals surface area contributed by atoms with E-state index < -0.39 is 0 Å². The van der Waals surface area contributed by atoms with Crippen molar-refractivity contribution < 1.29 is 5.11 Å². The van der Waals surface area contributed by atoms with Crippen LogP contribution in [-0.2, 0) is 0 Å². The van der Waals surface area contributed by atoms with Crippen LogP contribution < -0.4 is 5.32 Å². The van der Waals surface area contributed by atoms with Crippen LogP contribution in [0.5, 0.6) is 0 Å². The van der Waals surface area contributed by atoms with Gasteiger partial charge >= 0.3 is 0 Å². The SMILES string of the molecule is C=Cc1ccc(Cl)cc1NCCO. The molecule has 2 N–H and O–H groups in total. The van der Waals surface area contributed by atoms with Gasteiger partial charge in [-0.25, -0.2) is 0 Å². The topological polar surface area (TPSA) is 32.3 Å². The Hall–Kier alpha value is -0.990. The molecule has 0 fully saturated rings. The summed E-state index contributed by atoms with van der Waals surface area (Å²) in [5.41, 5.74) is 1.88. The molecule has 0 aliphatic heterocycles. The van der Waals surface area contributed by atoms with Gasteiger partial charge in [-0.3, -0.25) is 0 Å². The lowest BCUT2D eigenvalue weighted by atomic mass is 10.2. The molecule has 0 saturated heterocycles. The van der Waals surface area contributed by atoms with Crippen LogP contribution in [0.1, 0.15) is 5.56 Å². The maximum absolute atomic E-state index is 8.64. The zero-order valence-electron chi connectivity index (χ0n) is 7.26. The van der Waals surface area contributed by atoms with Crippen LogP contribution in [0, 0.1) is 0 Å². The number of anilines is 1. The van der Waals surface area contributed by atoms with E-state index in [1.807, 2.05) is 18.2 Å². The summed E-state index contributed by atoms with van der Waals surface area (Å²) in [5.74, 6) is 0. The molecule has 0 aromatic heterocycles. The number of aliphatic hydroxyl groups is 1. The highest BCUT2D eigenvalue weighted by Crippen LogP contribution is 2.21. The fourth-order valence-corrected chi connectivity index (χ4v) is 1.22. The van der Waals surface area contributed by atoms with Crippen molar-refractivity contribution in [2.45, 2.75) is 0 Å². The Morgan fingerprint density at radius 1 is 1.54 bits per heavy atom. The highest BCUT2D eigenvalue weighted by atomic mass is 35.5. The molecule has 0 bridgehead atoms. The molecule has 0 spiro atoms. The fourth-order valence-electron chi connectivity index (χ4n) is 1.05. The Morgan fingerprint density at radius 3 is 2.92 bits per heavy atom.